The Morgan fingerprint density at radius 2 is 1.76 bits per heavy atom. The molecule has 1 N–H and O–H groups in total. The zero-order valence-corrected chi connectivity index (χ0v) is 10.9. The van der Waals surface area contributed by atoms with Crippen LogP contribution in [0.3, 0.4) is 0 Å². The van der Waals surface area contributed by atoms with Crippen molar-refractivity contribution >= 4 is 23.2 Å². The average molecular weight is 267 g/mol. The Labute approximate surface area is 111 Å². The first-order chi connectivity index (χ1) is 8.06. The first-order valence-corrected chi connectivity index (χ1v) is 6.04. The molecule has 0 fully saturated rings. The second kappa shape index (κ2) is 4.99. The van der Waals surface area contributed by atoms with Crippen molar-refractivity contribution in [3.8, 4) is 5.75 Å². The SMILES string of the molecule is Cc1ccc(O)c(Cc2ccc(Cl)c(Cl)c2)c1. The van der Waals surface area contributed by atoms with Gasteiger partial charge in [0.25, 0.3) is 0 Å². The molecule has 0 atom stereocenters. The summed E-state index contributed by atoms with van der Waals surface area (Å²) in [7, 11) is 0. The number of phenols is 1. The van der Waals surface area contributed by atoms with Gasteiger partial charge < -0.3 is 5.11 Å². The van der Waals surface area contributed by atoms with Crippen LogP contribution in [0.5, 0.6) is 5.75 Å². The maximum atomic E-state index is 9.76. The van der Waals surface area contributed by atoms with Crippen LogP contribution in [0, 0.1) is 6.92 Å². The smallest absolute Gasteiger partial charge is 0.119 e. The second-order valence-corrected chi connectivity index (χ2v) is 4.87. The van der Waals surface area contributed by atoms with Crippen molar-refractivity contribution in [1.29, 1.82) is 0 Å². The Morgan fingerprint density at radius 3 is 2.47 bits per heavy atom. The van der Waals surface area contributed by atoms with Crippen LogP contribution < -0.4 is 0 Å². The molecule has 0 unspecified atom stereocenters. The third kappa shape index (κ3) is 2.93. The van der Waals surface area contributed by atoms with Crippen molar-refractivity contribution in [1.82, 2.24) is 0 Å². The minimum absolute atomic E-state index is 0.307. The third-order valence-electron chi connectivity index (χ3n) is 2.61. The number of hydrogen-bond donors (Lipinski definition) is 1. The summed E-state index contributed by atoms with van der Waals surface area (Å²) in [5, 5.41) is 10.8. The molecule has 0 bridgehead atoms. The molecular weight excluding hydrogens is 255 g/mol. The summed E-state index contributed by atoms with van der Waals surface area (Å²) in [6.07, 6.45) is 0.643. The van der Waals surface area contributed by atoms with Crippen molar-refractivity contribution in [2.24, 2.45) is 0 Å². The predicted molar refractivity (Wildman–Crippen MR) is 72.1 cm³/mol. The van der Waals surface area contributed by atoms with E-state index in [2.05, 4.69) is 0 Å². The normalized spacial score (nSPS) is 10.5. The average Bonchev–Trinajstić information content (AvgIpc) is 2.29. The Bertz CT molecular complexity index is 550. The molecular formula is C14H12Cl2O. The summed E-state index contributed by atoms with van der Waals surface area (Å²) in [4.78, 5) is 0. The molecule has 0 saturated carbocycles. The topological polar surface area (TPSA) is 20.2 Å². The molecule has 88 valence electrons. The predicted octanol–water partition coefficient (Wildman–Crippen LogP) is 4.60. The highest BCUT2D eigenvalue weighted by molar-refractivity contribution is 6.42. The third-order valence-corrected chi connectivity index (χ3v) is 3.35. The molecule has 17 heavy (non-hydrogen) atoms. The molecule has 0 saturated heterocycles. The van der Waals surface area contributed by atoms with Gasteiger partial charge in [-0.3, -0.25) is 0 Å². The van der Waals surface area contributed by atoms with E-state index >= 15 is 0 Å². The van der Waals surface area contributed by atoms with Crippen molar-refractivity contribution in [3.63, 3.8) is 0 Å². The number of phenolic OH excluding ortho intramolecular Hbond substituents is 1. The van der Waals surface area contributed by atoms with E-state index in [-0.39, 0.29) is 0 Å². The molecule has 0 aliphatic heterocycles. The molecule has 0 heterocycles. The highest BCUT2D eigenvalue weighted by Gasteiger charge is 2.05. The van der Waals surface area contributed by atoms with Crippen LogP contribution >= 0.6 is 23.2 Å². The fourth-order valence-corrected chi connectivity index (χ4v) is 2.05. The summed E-state index contributed by atoms with van der Waals surface area (Å²) in [5.74, 6) is 0.307. The number of aryl methyl sites for hydroxylation is 1. The van der Waals surface area contributed by atoms with Gasteiger partial charge in [0, 0.05) is 6.42 Å². The molecule has 0 aliphatic carbocycles. The van der Waals surface area contributed by atoms with Crippen LogP contribution in [0.1, 0.15) is 16.7 Å². The second-order valence-electron chi connectivity index (χ2n) is 4.06. The molecule has 0 aliphatic rings. The van der Waals surface area contributed by atoms with Crippen LogP contribution in [0.2, 0.25) is 10.0 Å². The van der Waals surface area contributed by atoms with Crippen molar-refractivity contribution in [3.05, 3.63) is 63.1 Å². The standard InChI is InChI=1S/C14H12Cl2O/c1-9-2-5-14(17)11(6-9)7-10-3-4-12(15)13(16)8-10/h2-6,8,17H,7H2,1H3. The van der Waals surface area contributed by atoms with Crippen molar-refractivity contribution in [2.45, 2.75) is 13.3 Å². The lowest BCUT2D eigenvalue weighted by Gasteiger charge is -2.07. The molecule has 3 heteroatoms. The Hall–Kier alpha value is -1.18. The number of rotatable bonds is 2. The fourth-order valence-electron chi connectivity index (χ4n) is 1.73. The van der Waals surface area contributed by atoms with Crippen LogP contribution in [-0.2, 0) is 6.42 Å². The van der Waals surface area contributed by atoms with Crippen LogP contribution in [0.15, 0.2) is 36.4 Å². The van der Waals surface area contributed by atoms with Gasteiger partial charge in [-0.25, -0.2) is 0 Å². The maximum Gasteiger partial charge on any atom is 0.119 e. The minimum atomic E-state index is 0.307. The van der Waals surface area contributed by atoms with Crippen molar-refractivity contribution < 1.29 is 5.11 Å². The molecule has 0 amide bonds. The highest BCUT2D eigenvalue weighted by Crippen LogP contribution is 2.26. The lowest BCUT2D eigenvalue weighted by Crippen LogP contribution is -1.90. The monoisotopic (exact) mass is 266 g/mol. The van der Waals surface area contributed by atoms with Gasteiger partial charge in [0.1, 0.15) is 5.75 Å². The minimum Gasteiger partial charge on any atom is -0.508 e. The van der Waals surface area contributed by atoms with E-state index in [9.17, 15) is 5.11 Å². The van der Waals surface area contributed by atoms with Gasteiger partial charge in [-0.05, 0) is 36.2 Å². The highest BCUT2D eigenvalue weighted by atomic mass is 35.5. The van der Waals surface area contributed by atoms with Gasteiger partial charge >= 0.3 is 0 Å². The summed E-state index contributed by atoms with van der Waals surface area (Å²) >= 11 is 11.8. The van der Waals surface area contributed by atoms with E-state index < -0.39 is 0 Å². The zero-order valence-electron chi connectivity index (χ0n) is 9.37. The van der Waals surface area contributed by atoms with Crippen LogP contribution in [0.4, 0.5) is 0 Å². The number of halogens is 2. The van der Waals surface area contributed by atoms with Gasteiger partial charge in [-0.15, -0.1) is 0 Å². The number of aromatic hydroxyl groups is 1. The first-order valence-electron chi connectivity index (χ1n) is 5.28. The van der Waals surface area contributed by atoms with E-state index in [1.807, 2.05) is 31.2 Å². The van der Waals surface area contributed by atoms with E-state index in [0.29, 0.717) is 22.2 Å². The van der Waals surface area contributed by atoms with E-state index in [1.165, 1.54) is 0 Å². The summed E-state index contributed by atoms with van der Waals surface area (Å²) in [6.45, 7) is 2.00. The summed E-state index contributed by atoms with van der Waals surface area (Å²) in [6, 6.07) is 11.1. The van der Waals surface area contributed by atoms with E-state index in [0.717, 1.165) is 16.7 Å². The largest absolute Gasteiger partial charge is 0.508 e. The summed E-state index contributed by atoms with van der Waals surface area (Å²) < 4.78 is 0. The van der Waals surface area contributed by atoms with Crippen LogP contribution in [0.25, 0.3) is 0 Å². The van der Waals surface area contributed by atoms with Gasteiger partial charge in [0.2, 0.25) is 0 Å². The fraction of sp³-hybridized carbons (Fsp3) is 0.143. The molecule has 1 nitrogen and oxygen atoms in total. The molecule has 0 spiro atoms. The van der Waals surface area contributed by atoms with Crippen molar-refractivity contribution in [2.75, 3.05) is 0 Å². The van der Waals surface area contributed by atoms with Gasteiger partial charge in [-0.1, -0.05) is 47.0 Å². The lowest BCUT2D eigenvalue weighted by molar-refractivity contribution is 0.469. The molecule has 2 aromatic carbocycles. The molecule has 0 radical (unpaired) electrons. The Kier molecular flexibility index (Phi) is 3.60. The zero-order chi connectivity index (χ0) is 12.4. The Balaban J connectivity index is 2.31. The van der Waals surface area contributed by atoms with E-state index in [4.69, 9.17) is 23.2 Å². The Morgan fingerprint density at radius 1 is 1.00 bits per heavy atom. The van der Waals surface area contributed by atoms with E-state index in [1.54, 1.807) is 12.1 Å². The maximum absolute atomic E-state index is 9.76. The first kappa shape index (κ1) is 12.3. The van der Waals surface area contributed by atoms with Gasteiger partial charge in [-0.2, -0.15) is 0 Å². The lowest BCUT2D eigenvalue weighted by atomic mass is 10.0. The molecule has 2 aromatic rings. The summed E-state index contributed by atoms with van der Waals surface area (Å²) in [5.41, 5.74) is 3.04. The number of hydrogen-bond acceptors (Lipinski definition) is 1. The molecule has 2 rings (SSSR count). The van der Waals surface area contributed by atoms with Gasteiger partial charge in [0.05, 0.1) is 10.0 Å². The quantitative estimate of drug-likeness (QED) is 0.843. The van der Waals surface area contributed by atoms with Gasteiger partial charge in [0.15, 0.2) is 0 Å². The molecule has 0 aromatic heterocycles. The number of benzene rings is 2. The van der Waals surface area contributed by atoms with Crippen LogP contribution in [-0.4, -0.2) is 5.11 Å².